The number of carbonyl (C=O) groups excluding carboxylic acids is 1. The molecule has 5 nitrogen and oxygen atoms in total. The maximum Gasteiger partial charge on any atom is 0.251 e. The number of aliphatic hydroxyl groups excluding tert-OH is 1. The van der Waals surface area contributed by atoms with Gasteiger partial charge in [0.25, 0.3) is 5.91 Å². The van der Waals surface area contributed by atoms with Crippen molar-refractivity contribution in [2.45, 2.75) is 33.2 Å². The van der Waals surface area contributed by atoms with E-state index in [0.717, 1.165) is 6.42 Å². The molecule has 1 unspecified atom stereocenters. The van der Waals surface area contributed by atoms with Crippen LogP contribution in [0.15, 0.2) is 18.2 Å². The minimum atomic E-state index is -0.287. The Morgan fingerprint density at radius 1 is 1.29 bits per heavy atom. The zero-order chi connectivity index (χ0) is 15.8. The lowest BCUT2D eigenvalue weighted by Crippen LogP contribution is -2.34. The molecule has 0 saturated heterocycles. The second-order valence-electron chi connectivity index (χ2n) is 5.45. The molecule has 0 fully saturated rings. The van der Waals surface area contributed by atoms with E-state index in [4.69, 9.17) is 14.6 Å². The van der Waals surface area contributed by atoms with Crippen molar-refractivity contribution >= 4 is 5.91 Å². The molecular formula is C16H25NO4. The van der Waals surface area contributed by atoms with Gasteiger partial charge in [0.15, 0.2) is 11.5 Å². The summed E-state index contributed by atoms with van der Waals surface area (Å²) >= 11 is 0. The number of ether oxygens (including phenoxy) is 2. The van der Waals surface area contributed by atoms with Crippen LogP contribution in [0.5, 0.6) is 11.5 Å². The maximum atomic E-state index is 12.0. The van der Waals surface area contributed by atoms with Crippen LogP contribution in [0.1, 0.15) is 37.6 Å². The van der Waals surface area contributed by atoms with E-state index in [9.17, 15) is 4.79 Å². The van der Waals surface area contributed by atoms with Gasteiger partial charge in [0, 0.05) is 11.6 Å². The third kappa shape index (κ3) is 5.63. The normalized spacial score (nSPS) is 12.1. The quantitative estimate of drug-likeness (QED) is 0.772. The van der Waals surface area contributed by atoms with Gasteiger partial charge in [-0.15, -0.1) is 0 Å². The summed E-state index contributed by atoms with van der Waals surface area (Å²) in [7, 11) is 1.54. The van der Waals surface area contributed by atoms with Crippen molar-refractivity contribution in [3.8, 4) is 11.5 Å². The summed E-state index contributed by atoms with van der Waals surface area (Å²) < 4.78 is 10.9. The van der Waals surface area contributed by atoms with Crippen molar-refractivity contribution in [3.63, 3.8) is 0 Å². The van der Waals surface area contributed by atoms with Crippen molar-refractivity contribution in [2.24, 2.45) is 5.92 Å². The fourth-order valence-electron chi connectivity index (χ4n) is 1.69. The minimum Gasteiger partial charge on any atom is -0.493 e. The fraction of sp³-hybridized carbons (Fsp3) is 0.562. The number of hydrogen-bond acceptors (Lipinski definition) is 4. The lowest BCUT2D eigenvalue weighted by Gasteiger charge is -2.14. The predicted molar refractivity (Wildman–Crippen MR) is 82.0 cm³/mol. The molecule has 0 radical (unpaired) electrons. The molecule has 1 amide bonds. The molecule has 0 aliphatic carbocycles. The second kappa shape index (κ2) is 8.52. The highest BCUT2D eigenvalue weighted by atomic mass is 16.5. The van der Waals surface area contributed by atoms with Gasteiger partial charge in [-0.2, -0.15) is 0 Å². The standard InChI is InChI=1S/C16H25NO4/c1-11(2)7-8-21-14-6-5-13(9-15(14)20-4)16(19)17-12(3)10-18/h5-6,9,11-12,18H,7-8,10H2,1-4H3,(H,17,19). The highest BCUT2D eigenvalue weighted by Crippen LogP contribution is 2.28. The van der Waals surface area contributed by atoms with Crippen molar-refractivity contribution in [2.75, 3.05) is 20.3 Å². The highest BCUT2D eigenvalue weighted by molar-refractivity contribution is 5.95. The molecule has 2 N–H and O–H groups in total. The highest BCUT2D eigenvalue weighted by Gasteiger charge is 2.13. The molecule has 0 bridgehead atoms. The molecule has 1 aromatic rings. The first-order valence-corrected chi connectivity index (χ1v) is 7.20. The van der Waals surface area contributed by atoms with Gasteiger partial charge in [-0.3, -0.25) is 4.79 Å². The first kappa shape index (κ1) is 17.3. The van der Waals surface area contributed by atoms with Gasteiger partial charge in [0.2, 0.25) is 0 Å². The number of nitrogens with one attached hydrogen (secondary N) is 1. The number of methoxy groups -OCH3 is 1. The monoisotopic (exact) mass is 295 g/mol. The van der Waals surface area contributed by atoms with E-state index < -0.39 is 0 Å². The fourth-order valence-corrected chi connectivity index (χ4v) is 1.69. The Bertz CT molecular complexity index is 460. The largest absolute Gasteiger partial charge is 0.493 e. The van der Waals surface area contributed by atoms with Crippen molar-refractivity contribution in [1.29, 1.82) is 0 Å². The Balaban J connectivity index is 2.75. The van der Waals surface area contributed by atoms with Gasteiger partial charge in [-0.25, -0.2) is 0 Å². The number of rotatable bonds is 8. The molecule has 21 heavy (non-hydrogen) atoms. The van der Waals surface area contributed by atoms with Crippen LogP contribution >= 0.6 is 0 Å². The van der Waals surface area contributed by atoms with Crippen molar-refractivity contribution < 1.29 is 19.4 Å². The zero-order valence-corrected chi connectivity index (χ0v) is 13.2. The first-order valence-electron chi connectivity index (χ1n) is 7.20. The molecule has 0 saturated carbocycles. The van der Waals surface area contributed by atoms with Gasteiger partial charge in [0.1, 0.15) is 0 Å². The Morgan fingerprint density at radius 2 is 2.00 bits per heavy atom. The van der Waals surface area contributed by atoms with Gasteiger partial charge >= 0.3 is 0 Å². The van der Waals surface area contributed by atoms with Crippen LogP contribution in [0.2, 0.25) is 0 Å². The molecule has 1 atom stereocenters. The van der Waals surface area contributed by atoms with E-state index in [1.807, 2.05) is 0 Å². The summed E-state index contributed by atoms with van der Waals surface area (Å²) in [5.41, 5.74) is 0.475. The average Bonchev–Trinajstić information content (AvgIpc) is 2.46. The topological polar surface area (TPSA) is 67.8 Å². The number of benzene rings is 1. The third-order valence-electron chi connectivity index (χ3n) is 3.03. The maximum absolute atomic E-state index is 12.0. The van der Waals surface area contributed by atoms with Crippen LogP contribution in [0, 0.1) is 5.92 Å². The molecule has 5 heteroatoms. The third-order valence-corrected chi connectivity index (χ3v) is 3.03. The van der Waals surface area contributed by atoms with Gasteiger partial charge in [-0.05, 0) is 37.5 Å². The number of amides is 1. The summed E-state index contributed by atoms with van der Waals surface area (Å²) in [6.07, 6.45) is 0.958. The lowest BCUT2D eigenvalue weighted by molar-refractivity contribution is 0.0922. The Labute approximate surface area is 126 Å². The van der Waals surface area contributed by atoms with Crippen LogP contribution in [0.4, 0.5) is 0 Å². The molecular weight excluding hydrogens is 270 g/mol. The van der Waals surface area contributed by atoms with E-state index in [0.29, 0.717) is 29.6 Å². The summed E-state index contributed by atoms with van der Waals surface area (Å²) in [4.78, 5) is 12.0. The number of carbonyl (C=O) groups is 1. The smallest absolute Gasteiger partial charge is 0.251 e. The van der Waals surface area contributed by atoms with Crippen LogP contribution in [0.3, 0.4) is 0 Å². The Hall–Kier alpha value is -1.75. The Kier molecular flexibility index (Phi) is 7.02. The van der Waals surface area contributed by atoms with Crippen LogP contribution in [-0.4, -0.2) is 37.4 Å². The number of aliphatic hydroxyl groups is 1. The first-order chi connectivity index (χ1) is 9.97. The van der Waals surface area contributed by atoms with Crippen LogP contribution < -0.4 is 14.8 Å². The minimum absolute atomic E-state index is 0.0979. The summed E-state index contributed by atoms with van der Waals surface area (Å²) in [5, 5.41) is 11.6. The van der Waals surface area contributed by atoms with Crippen molar-refractivity contribution in [1.82, 2.24) is 5.32 Å². The molecule has 1 rings (SSSR count). The lowest BCUT2D eigenvalue weighted by atomic mass is 10.1. The summed E-state index contributed by atoms with van der Waals surface area (Å²) in [5.74, 6) is 1.48. The zero-order valence-electron chi connectivity index (χ0n) is 13.2. The summed E-state index contributed by atoms with van der Waals surface area (Å²) in [6.45, 7) is 6.52. The SMILES string of the molecule is COc1cc(C(=O)NC(C)CO)ccc1OCCC(C)C. The van der Waals surface area contributed by atoms with Crippen LogP contribution in [0.25, 0.3) is 0 Å². The summed E-state index contributed by atoms with van der Waals surface area (Å²) in [6, 6.07) is 4.78. The van der Waals surface area contributed by atoms with Gasteiger partial charge < -0.3 is 19.9 Å². The van der Waals surface area contributed by atoms with E-state index in [1.165, 1.54) is 0 Å². The van der Waals surface area contributed by atoms with Crippen molar-refractivity contribution in [3.05, 3.63) is 23.8 Å². The van der Waals surface area contributed by atoms with Crippen LogP contribution in [-0.2, 0) is 0 Å². The number of hydrogen-bond donors (Lipinski definition) is 2. The predicted octanol–water partition coefficient (Wildman–Crippen LogP) is 2.23. The van der Waals surface area contributed by atoms with E-state index >= 15 is 0 Å². The Morgan fingerprint density at radius 3 is 2.57 bits per heavy atom. The average molecular weight is 295 g/mol. The van der Waals surface area contributed by atoms with E-state index in [2.05, 4.69) is 19.2 Å². The molecule has 0 aliphatic heterocycles. The molecule has 0 spiro atoms. The molecule has 0 aliphatic rings. The molecule has 118 valence electrons. The molecule has 0 aromatic heterocycles. The van der Waals surface area contributed by atoms with E-state index in [-0.39, 0.29) is 18.6 Å². The van der Waals surface area contributed by atoms with Gasteiger partial charge in [-0.1, -0.05) is 13.8 Å². The molecule has 1 aromatic carbocycles. The second-order valence-corrected chi connectivity index (χ2v) is 5.45. The van der Waals surface area contributed by atoms with E-state index in [1.54, 1.807) is 32.2 Å². The molecule has 0 heterocycles. The van der Waals surface area contributed by atoms with Gasteiger partial charge in [0.05, 0.1) is 20.3 Å².